The molecule has 0 aliphatic heterocycles. The Bertz CT molecular complexity index is 601. The van der Waals surface area contributed by atoms with Gasteiger partial charge in [0.25, 0.3) is 0 Å². The standard InChI is InChI=1S/C17H20ClFN2/c1-3-12-11-20-8-7-15(12)17(21-4-2)9-13-5-6-14(19)10-16(13)18/h5-8,10-11,17,21H,3-4,9H2,1-2H3. The second-order valence-corrected chi connectivity index (χ2v) is 5.39. The number of likely N-dealkylation sites (N-methyl/N-ethyl adjacent to an activating group) is 1. The Hall–Kier alpha value is -1.45. The van der Waals surface area contributed by atoms with Gasteiger partial charge in [0.15, 0.2) is 0 Å². The van der Waals surface area contributed by atoms with Crippen molar-refractivity contribution in [2.24, 2.45) is 0 Å². The first kappa shape index (κ1) is 15.9. The van der Waals surface area contributed by atoms with Gasteiger partial charge in [0.1, 0.15) is 5.82 Å². The highest BCUT2D eigenvalue weighted by molar-refractivity contribution is 6.31. The van der Waals surface area contributed by atoms with Crippen LogP contribution in [0.15, 0.2) is 36.7 Å². The van der Waals surface area contributed by atoms with E-state index in [4.69, 9.17) is 11.6 Å². The SMILES string of the molecule is CCNC(Cc1ccc(F)cc1Cl)c1ccncc1CC. The van der Waals surface area contributed by atoms with Crippen LogP contribution in [0.3, 0.4) is 0 Å². The van der Waals surface area contributed by atoms with Gasteiger partial charge in [-0.15, -0.1) is 0 Å². The number of hydrogen-bond donors (Lipinski definition) is 1. The van der Waals surface area contributed by atoms with E-state index in [1.54, 1.807) is 6.07 Å². The third-order valence-corrected chi connectivity index (χ3v) is 3.94. The summed E-state index contributed by atoms with van der Waals surface area (Å²) in [5, 5.41) is 3.96. The minimum atomic E-state index is -0.304. The van der Waals surface area contributed by atoms with Gasteiger partial charge in [-0.05, 0) is 54.3 Å². The molecule has 0 aliphatic rings. The second-order valence-electron chi connectivity index (χ2n) is 4.98. The number of aryl methyl sites for hydroxylation is 1. The Labute approximate surface area is 130 Å². The van der Waals surface area contributed by atoms with Crippen molar-refractivity contribution in [2.45, 2.75) is 32.7 Å². The van der Waals surface area contributed by atoms with Crippen molar-refractivity contribution in [3.05, 3.63) is 64.2 Å². The number of rotatable bonds is 6. The van der Waals surface area contributed by atoms with Gasteiger partial charge in [-0.3, -0.25) is 4.98 Å². The fraction of sp³-hybridized carbons (Fsp3) is 0.353. The van der Waals surface area contributed by atoms with Gasteiger partial charge in [-0.2, -0.15) is 0 Å². The zero-order valence-corrected chi connectivity index (χ0v) is 13.1. The third kappa shape index (κ3) is 4.02. The molecule has 0 spiro atoms. The lowest BCUT2D eigenvalue weighted by molar-refractivity contribution is 0.544. The Morgan fingerprint density at radius 1 is 1.24 bits per heavy atom. The lowest BCUT2D eigenvalue weighted by Crippen LogP contribution is -2.24. The van der Waals surface area contributed by atoms with Crippen molar-refractivity contribution < 1.29 is 4.39 Å². The molecule has 1 aromatic carbocycles. The molecule has 0 saturated carbocycles. The molecule has 0 aliphatic carbocycles. The number of pyridine rings is 1. The van der Waals surface area contributed by atoms with Gasteiger partial charge in [0, 0.05) is 23.5 Å². The molecule has 1 unspecified atom stereocenters. The molecule has 4 heteroatoms. The number of halogens is 2. The first-order valence-corrected chi connectivity index (χ1v) is 7.63. The van der Waals surface area contributed by atoms with Crippen molar-refractivity contribution in [3.63, 3.8) is 0 Å². The maximum Gasteiger partial charge on any atom is 0.124 e. The monoisotopic (exact) mass is 306 g/mol. The maximum atomic E-state index is 13.2. The van der Waals surface area contributed by atoms with Crippen LogP contribution in [0.25, 0.3) is 0 Å². The van der Waals surface area contributed by atoms with E-state index in [0.717, 1.165) is 24.9 Å². The molecule has 0 fully saturated rings. The summed E-state index contributed by atoms with van der Waals surface area (Å²) in [7, 11) is 0. The molecule has 0 amide bonds. The minimum absolute atomic E-state index is 0.149. The summed E-state index contributed by atoms with van der Waals surface area (Å²) in [6.45, 7) is 5.05. The average molecular weight is 307 g/mol. The fourth-order valence-corrected chi connectivity index (χ4v) is 2.76. The van der Waals surface area contributed by atoms with E-state index < -0.39 is 0 Å². The van der Waals surface area contributed by atoms with Crippen molar-refractivity contribution in [1.82, 2.24) is 10.3 Å². The Balaban J connectivity index is 2.30. The molecule has 1 heterocycles. The molecule has 0 bridgehead atoms. The maximum absolute atomic E-state index is 13.2. The number of benzene rings is 1. The summed E-state index contributed by atoms with van der Waals surface area (Å²) in [6.07, 6.45) is 5.38. The zero-order valence-electron chi connectivity index (χ0n) is 12.4. The predicted molar refractivity (Wildman–Crippen MR) is 85.1 cm³/mol. The Kier molecular flexibility index (Phi) is 5.71. The van der Waals surface area contributed by atoms with Gasteiger partial charge in [-0.25, -0.2) is 4.39 Å². The van der Waals surface area contributed by atoms with Gasteiger partial charge in [0.05, 0.1) is 0 Å². The molecule has 2 rings (SSSR count). The molecular weight excluding hydrogens is 287 g/mol. The van der Waals surface area contributed by atoms with E-state index in [0.29, 0.717) is 5.02 Å². The van der Waals surface area contributed by atoms with Crippen LogP contribution < -0.4 is 5.32 Å². The average Bonchev–Trinajstić information content (AvgIpc) is 2.49. The fourth-order valence-electron chi connectivity index (χ4n) is 2.52. The first-order chi connectivity index (χ1) is 10.2. The molecule has 0 radical (unpaired) electrons. The van der Waals surface area contributed by atoms with E-state index in [-0.39, 0.29) is 11.9 Å². The lowest BCUT2D eigenvalue weighted by Gasteiger charge is -2.21. The molecule has 112 valence electrons. The van der Waals surface area contributed by atoms with E-state index >= 15 is 0 Å². The molecule has 1 atom stereocenters. The summed E-state index contributed by atoms with van der Waals surface area (Å²) in [6, 6.07) is 6.78. The largest absolute Gasteiger partial charge is 0.310 e. The Morgan fingerprint density at radius 3 is 2.71 bits per heavy atom. The number of nitrogens with zero attached hydrogens (tertiary/aromatic N) is 1. The van der Waals surface area contributed by atoms with Gasteiger partial charge >= 0.3 is 0 Å². The number of aromatic nitrogens is 1. The van der Waals surface area contributed by atoms with Gasteiger partial charge in [-0.1, -0.05) is 31.5 Å². The molecular formula is C17H20ClFN2. The highest BCUT2D eigenvalue weighted by Gasteiger charge is 2.16. The molecule has 1 N–H and O–H groups in total. The summed E-state index contributed by atoms with van der Waals surface area (Å²) in [5.74, 6) is -0.304. The summed E-state index contributed by atoms with van der Waals surface area (Å²) in [5.41, 5.74) is 3.40. The van der Waals surface area contributed by atoms with Gasteiger partial charge in [0.2, 0.25) is 0 Å². The second kappa shape index (κ2) is 7.53. The van der Waals surface area contributed by atoms with Crippen LogP contribution in [0.5, 0.6) is 0 Å². The predicted octanol–water partition coefficient (Wildman–Crippen LogP) is 4.33. The molecule has 2 nitrogen and oxygen atoms in total. The van der Waals surface area contributed by atoms with Crippen LogP contribution in [-0.2, 0) is 12.8 Å². The van der Waals surface area contributed by atoms with Crippen LogP contribution in [0, 0.1) is 5.82 Å². The third-order valence-electron chi connectivity index (χ3n) is 3.59. The normalized spacial score (nSPS) is 12.4. The van der Waals surface area contributed by atoms with Crippen molar-refractivity contribution in [3.8, 4) is 0 Å². The van der Waals surface area contributed by atoms with E-state index in [9.17, 15) is 4.39 Å². The van der Waals surface area contributed by atoms with Crippen LogP contribution in [0.2, 0.25) is 5.02 Å². The van der Waals surface area contributed by atoms with Crippen LogP contribution in [-0.4, -0.2) is 11.5 Å². The van der Waals surface area contributed by atoms with E-state index in [2.05, 4.69) is 24.1 Å². The summed E-state index contributed by atoms with van der Waals surface area (Å²) in [4.78, 5) is 4.19. The summed E-state index contributed by atoms with van der Waals surface area (Å²) >= 11 is 6.15. The van der Waals surface area contributed by atoms with Crippen LogP contribution >= 0.6 is 11.6 Å². The molecule has 1 aromatic heterocycles. The van der Waals surface area contributed by atoms with Crippen molar-refractivity contribution in [1.29, 1.82) is 0 Å². The quantitative estimate of drug-likeness (QED) is 0.859. The van der Waals surface area contributed by atoms with Crippen molar-refractivity contribution >= 4 is 11.6 Å². The zero-order chi connectivity index (χ0) is 15.2. The first-order valence-electron chi connectivity index (χ1n) is 7.25. The van der Waals surface area contributed by atoms with E-state index in [1.807, 2.05) is 18.5 Å². The number of hydrogen-bond acceptors (Lipinski definition) is 2. The Morgan fingerprint density at radius 2 is 2.05 bits per heavy atom. The highest BCUT2D eigenvalue weighted by atomic mass is 35.5. The van der Waals surface area contributed by atoms with Crippen LogP contribution in [0.4, 0.5) is 4.39 Å². The van der Waals surface area contributed by atoms with Crippen molar-refractivity contribution in [2.75, 3.05) is 6.54 Å². The number of nitrogens with one attached hydrogen (secondary N) is 1. The highest BCUT2D eigenvalue weighted by Crippen LogP contribution is 2.26. The minimum Gasteiger partial charge on any atom is -0.310 e. The summed E-state index contributed by atoms with van der Waals surface area (Å²) < 4.78 is 13.2. The molecule has 2 aromatic rings. The topological polar surface area (TPSA) is 24.9 Å². The van der Waals surface area contributed by atoms with Crippen LogP contribution in [0.1, 0.15) is 36.6 Å². The lowest BCUT2D eigenvalue weighted by atomic mass is 9.95. The smallest absolute Gasteiger partial charge is 0.124 e. The van der Waals surface area contributed by atoms with E-state index in [1.165, 1.54) is 23.3 Å². The van der Waals surface area contributed by atoms with Gasteiger partial charge < -0.3 is 5.32 Å². The molecule has 0 saturated heterocycles. The molecule has 21 heavy (non-hydrogen) atoms.